The van der Waals surface area contributed by atoms with Crippen LogP contribution in [-0.2, 0) is 0 Å². The van der Waals surface area contributed by atoms with E-state index in [-0.39, 0.29) is 0 Å². The summed E-state index contributed by atoms with van der Waals surface area (Å²) >= 11 is 0. The number of likely N-dealkylation sites (N-methyl/N-ethyl adjacent to an activating group) is 1. The Hall–Kier alpha value is -4.34. The summed E-state index contributed by atoms with van der Waals surface area (Å²) in [6, 6.07) is 27.4. The molecule has 43 heavy (non-hydrogen) atoms. The number of anilines is 5. The molecule has 1 aromatic heterocycles. The highest BCUT2D eigenvalue weighted by Crippen LogP contribution is 2.47. The van der Waals surface area contributed by atoms with Crippen molar-refractivity contribution in [1.29, 1.82) is 0 Å². The Labute approximate surface area is 253 Å². The van der Waals surface area contributed by atoms with E-state index in [1.165, 1.54) is 44.7 Å². The van der Waals surface area contributed by atoms with E-state index >= 15 is 0 Å². The molecule has 0 radical (unpaired) electrons. The van der Waals surface area contributed by atoms with Crippen LogP contribution >= 0.6 is 0 Å². The Morgan fingerprint density at radius 3 is 2.37 bits per heavy atom. The third-order valence-electron chi connectivity index (χ3n) is 8.91. The van der Waals surface area contributed by atoms with Crippen molar-refractivity contribution in [2.24, 2.45) is 0 Å². The van der Waals surface area contributed by atoms with Crippen molar-refractivity contribution < 1.29 is 9.47 Å². The van der Waals surface area contributed by atoms with Crippen molar-refractivity contribution >= 4 is 28.6 Å². The first-order chi connectivity index (χ1) is 21.2. The maximum atomic E-state index is 6.42. The minimum absolute atomic E-state index is 0.415. The molecule has 0 spiro atoms. The fourth-order valence-corrected chi connectivity index (χ4v) is 6.48. The van der Waals surface area contributed by atoms with Gasteiger partial charge in [-0.1, -0.05) is 30.3 Å². The van der Waals surface area contributed by atoms with E-state index in [0.717, 1.165) is 47.3 Å². The zero-order valence-electron chi connectivity index (χ0n) is 24.9. The number of rotatable bonds is 7. The first kappa shape index (κ1) is 27.5. The average Bonchev–Trinajstić information content (AvgIpc) is 3.46. The molecule has 3 aliphatic heterocycles. The molecular formula is C34H39N7O2. The summed E-state index contributed by atoms with van der Waals surface area (Å²) in [6.45, 7) is 6.83. The largest absolute Gasteiger partial charge is 0.494 e. The highest BCUT2D eigenvalue weighted by Gasteiger charge is 2.34. The molecule has 1 atom stereocenters. The van der Waals surface area contributed by atoms with Gasteiger partial charge in [0, 0.05) is 68.8 Å². The van der Waals surface area contributed by atoms with Crippen LogP contribution in [-0.4, -0.2) is 79.2 Å². The molecule has 222 valence electrons. The molecule has 3 aliphatic rings. The van der Waals surface area contributed by atoms with Gasteiger partial charge in [-0.2, -0.15) is 0 Å². The predicted octanol–water partition coefficient (Wildman–Crippen LogP) is 5.67. The highest BCUT2D eigenvalue weighted by atomic mass is 16.5. The van der Waals surface area contributed by atoms with Gasteiger partial charge in [0.05, 0.1) is 18.5 Å². The quantitative estimate of drug-likeness (QED) is 0.299. The van der Waals surface area contributed by atoms with E-state index in [2.05, 4.69) is 78.3 Å². The van der Waals surface area contributed by atoms with E-state index < -0.39 is 6.23 Å². The lowest BCUT2D eigenvalue weighted by Gasteiger charge is -2.42. The standard InChI is InChI=1S/C34H39N7O2/c1-38-18-20-40(21-19-38)25-14-16-39(17-15-25)27-12-13-28(32(22-27)42-2)37-33-23-29(35-24-36-33)34-41(26-8-4-3-5-9-26)30-10-6-7-11-31(30)43-34/h3-13,22-25,34H,14-21H2,1-2H3,(H,35,36,37). The van der Waals surface area contributed by atoms with E-state index in [1.54, 1.807) is 13.4 Å². The number of aromatic nitrogens is 2. The van der Waals surface area contributed by atoms with E-state index in [4.69, 9.17) is 9.47 Å². The van der Waals surface area contributed by atoms with Gasteiger partial charge in [0.2, 0.25) is 6.23 Å². The molecule has 7 rings (SSSR count). The number of fused-ring (bicyclic) bond motifs is 1. The molecule has 3 aromatic carbocycles. The molecule has 1 N–H and O–H groups in total. The highest BCUT2D eigenvalue weighted by molar-refractivity contribution is 5.74. The zero-order chi connectivity index (χ0) is 29.2. The van der Waals surface area contributed by atoms with Crippen molar-refractivity contribution in [2.75, 3.05) is 68.5 Å². The monoisotopic (exact) mass is 577 g/mol. The molecule has 0 saturated carbocycles. The van der Waals surface area contributed by atoms with Crippen molar-refractivity contribution in [3.8, 4) is 11.5 Å². The Morgan fingerprint density at radius 2 is 1.58 bits per heavy atom. The van der Waals surface area contributed by atoms with Crippen LogP contribution in [0.4, 0.5) is 28.6 Å². The van der Waals surface area contributed by atoms with Gasteiger partial charge in [-0.15, -0.1) is 0 Å². The minimum Gasteiger partial charge on any atom is -0.494 e. The summed E-state index contributed by atoms with van der Waals surface area (Å²) in [5.74, 6) is 2.29. The molecule has 9 heteroatoms. The Bertz CT molecular complexity index is 1540. The van der Waals surface area contributed by atoms with E-state index in [0.29, 0.717) is 11.9 Å². The minimum atomic E-state index is -0.415. The predicted molar refractivity (Wildman–Crippen MR) is 171 cm³/mol. The molecule has 2 saturated heterocycles. The van der Waals surface area contributed by atoms with Crippen LogP contribution in [0.3, 0.4) is 0 Å². The van der Waals surface area contributed by atoms with Crippen LogP contribution in [0.15, 0.2) is 85.2 Å². The maximum Gasteiger partial charge on any atom is 0.220 e. The number of piperidine rings is 1. The Balaban J connectivity index is 1.06. The number of benzene rings is 3. The number of nitrogens with one attached hydrogen (secondary N) is 1. The maximum absolute atomic E-state index is 6.42. The number of hydrogen-bond donors (Lipinski definition) is 1. The average molecular weight is 578 g/mol. The SMILES string of the molecule is COc1cc(N2CCC(N3CCN(C)CC3)CC2)ccc1Nc1cc(C2Oc3ccccc3N2c2ccccc2)ncn1. The molecule has 2 fully saturated rings. The van der Waals surface area contributed by atoms with Crippen LogP contribution in [0.5, 0.6) is 11.5 Å². The molecule has 4 heterocycles. The summed E-state index contributed by atoms with van der Waals surface area (Å²) < 4.78 is 12.3. The summed E-state index contributed by atoms with van der Waals surface area (Å²) in [7, 11) is 3.94. The third-order valence-corrected chi connectivity index (χ3v) is 8.91. The van der Waals surface area contributed by atoms with Crippen molar-refractivity contribution in [3.63, 3.8) is 0 Å². The summed E-state index contributed by atoms with van der Waals surface area (Å²) in [5.41, 5.74) is 4.86. The molecular weight excluding hydrogens is 538 g/mol. The molecule has 0 amide bonds. The second kappa shape index (κ2) is 12.1. The third kappa shape index (κ3) is 5.70. The molecule has 0 bridgehead atoms. The van der Waals surface area contributed by atoms with Crippen LogP contribution in [0.2, 0.25) is 0 Å². The topological polar surface area (TPSA) is 69.2 Å². The van der Waals surface area contributed by atoms with E-state index in [1.807, 2.05) is 42.5 Å². The lowest BCUT2D eigenvalue weighted by atomic mass is 10.0. The zero-order valence-corrected chi connectivity index (χ0v) is 24.9. The number of methoxy groups -OCH3 is 1. The van der Waals surface area contributed by atoms with Crippen LogP contribution in [0, 0.1) is 0 Å². The van der Waals surface area contributed by atoms with Crippen LogP contribution < -0.4 is 24.6 Å². The molecule has 0 aliphatic carbocycles. The normalized spacial score (nSPS) is 19.6. The van der Waals surface area contributed by atoms with Gasteiger partial charge >= 0.3 is 0 Å². The van der Waals surface area contributed by atoms with Crippen molar-refractivity contribution in [3.05, 3.63) is 90.9 Å². The second-order valence-corrected chi connectivity index (χ2v) is 11.5. The first-order valence-corrected chi connectivity index (χ1v) is 15.2. The van der Waals surface area contributed by atoms with Gasteiger partial charge in [-0.3, -0.25) is 9.80 Å². The van der Waals surface area contributed by atoms with E-state index in [9.17, 15) is 0 Å². The van der Waals surface area contributed by atoms with Gasteiger partial charge in [0.1, 0.15) is 29.3 Å². The second-order valence-electron chi connectivity index (χ2n) is 11.5. The lowest BCUT2D eigenvalue weighted by molar-refractivity contribution is 0.0982. The smallest absolute Gasteiger partial charge is 0.220 e. The number of para-hydroxylation sites is 3. The summed E-state index contributed by atoms with van der Waals surface area (Å²) in [6.07, 6.45) is 3.56. The van der Waals surface area contributed by atoms with Gasteiger partial charge in [0.25, 0.3) is 0 Å². The van der Waals surface area contributed by atoms with Gasteiger partial charge in [-0.25, -0.2) is 9.97 Å². The van der Waals surface area contributed by atoms with Crippen LogP contribution in [0.25, 0.3) is 0 Å². The van der Waals surface area contributed by atoms with Gasteiger partial charge < -0.3 is 24.6 Å². The van der Waals surface area contributed by atoms with Crippen molar-refractivity contribution in [1.82, 2.24) is 19.8 Å². The van der Waals surface area contributed by atoms with Crippen molar-refractivity contribution in [2.45, 2.75) is 25.1 Å². The van der Waals surface area contributed by atoms with Gasteiger partial charge in [0.15, 0.2) is 0 Å². The fourth-order valence-electron chi connectivity index (χ4n) is 6.48. The number of piperazine rings is 1. The summed E-state index contributed by atoms with van der Waals surface area (Å²) in [4.78, 5) is 18.9. The summed E-state index contributed by atoms with van der Waals surface area (Å²) in [5, 5.41) is 3.47. The van der Waals surface area contributed by atoms with Gasteiger partial charge in [-0.05, 0) is 56.3 Å². The first-order valence-electron chi connectivity index (χ1n) is 15.2. The van der Waals surface area contributed by atoms with Crippen LogP contribution in [0.1, 0.15) is 24.8 Å². The number of nitrogens with zero attached hydrogens (tertiary/aromatic N) is 6. The lowest BCUT2D eigenvalue weighted by Crippen LogP contribution is -2.52. The fraction of sp³-hybridized carbons (Fsp3) is 0.353. The number of ether oxygens (including phenoxy) is 2. The molecule has 4 aromatic rings. The number of hydrogen-bond acceptors (Lipinski definition) is 9. The Kier molecular flexibility index (Phi) is 7.74. The molecule has 9 nitrogen and oxygen atoms in total. The Morgan fingerprint density at radius 1 is 0.814 bits per heavy atom. The molecule has 1 unspecified atom stereocenters.